The maximum absolute atomic E-state index is 12.5. The van der Waals surface area contributed by atoms with Crippen LogP contribution in [0, 0.1) is 35.3 Å². The monoisotopic (exact) mass is 606 g/mol. The smallest absolute Gasteiger partial charge is 0.214 e. The first-order chi connectivity index (χ1) is 13.8. The zero-order valence-corrected chi connectivity index (χ0v) is 24.6. The van der Waals surface area contributed by atoms with Crippen molar-refractivity contribution < 1.29 is 73.8 Å². The van der Waals surface area contributed by atoms with Gasteiger partial charge in [-0.2, -0.15) is 34.8 Å². The number of nitriles is 2. The number of aromatic nitrogens is 2. The van der Waals surface area contributed by atoms with E-state index in [0.29, 0.717) is 0 Å². The molecular formula is C19H20N6O2S2Y2-2. The molecule has 0 N–H and O–H groups in total. The van der Waals surface area contributed by atoms with Gasteiger partial charge < -0.3 is 9.97 Å². The molecule has 1 fully saturated rings. The predicted molar refractivity (Wildman–Crippen MR) is 110 cm³/mol. The third-order valence-electron chi connectivity index (χ3n) is 4.59. The van der Waals surface area contributed by atoms with Crippen LogP contribution in [0.15, 0.2) is 45.4 Å². The van der Waals surface area contributed by atoms with Crippen molar-refractivity contribution in [3.63, 3.8) is 0 Å². The van der Waals surface area contributed by atoms with E-state index >= 15 is 0 Å². The van der Waals surface area contributed by atoms with Crippen molar-refractivity contribution in [1.29, 1.82) is 10.5 Å². The number of nitrogens with zero attached hydrogens (tertiary/aromatic N) is 6. The van der Waals surface area contributed by atoms with Gasteiger partial charge in [-0.05, 0) is 19.3 Å². The topological polar surface area (TPSA) is 132 Å². The Balaban J connectivity index is 0.000000557. The molecular weight excluding hydrogens is 586 g/mol. The van der Waals surface area contributed by atoms with Gasteiger partial charge in [0.2, 0.25) is 12.4 Å². The van der Waals surface area contributed by atoms with E-state index in [1.165, 1.54) is 6.26 Å². The summed E-state index contributed by atoms with van der Waals surface area (Å²) < 4.78 is 30.5. The molecule has 1 aliphatic carbocycles. The van der Waals surface area contributed by atoms with Gasteiger partial charge in [0.25, 0.3) is 0 Å². The second-order valence-electron chi connectivity index (χ2n) is 6.61. The zero-order chi connectivity index (χ0) is 21.4. The number of hydrogen-bond donors (Lipinski definition) is 0. The molecule has 12 heteroatoms. The summed E-state index contributed by atoms with van der Waals surface area (Å²) >= 11 is 0. The van der Waals surface area contributed by atoms with Gasteiger partial charge in [-0.1, -0.05) is 24.8 Å². The maximum atomic E-state index is 12.5. The van der Waals surface area contributed by atoms with Crippen LogP contribution in [0.4, 0.5) is 0 Å². The van der Waals surface area contributed by atoms with Crippen LogP contribution < -0.4 is 0 Å². The van der Waals surface area contributed by atoms with Crippen LogP contribution in [0.25, 0.3) is 0 Å². The van der Waals surface area contributed by atoms with Gasteiger partial charge in [-0.15, -0.1) is 19.9 Å². The van der Waals surface area contributed by atoms with Gasteiger partial charge in [-0.25, -0.2) is 8.42 Å². The third kappa shape index (κ3) is 8.35. The van der Waals surface area contributed by atoms with Crippen LogP contribution in [-0.4, -0.2) is 30.9 Å². The molecule has 3 rings (SSSR count). The Morgan fingerprint density at radius 3 is 2.03 bits per heavy atom. The first-order valence-electron chi connectivity index (χ1n) is 8.58. The fraction of sp³-hybridized carbons (Fsp3) is 0.368. The van der Waals surface area contributed by atoms with Crippen molar-refractivity contribution >= 4 is 19.5 Å². The minimum absolute atomic E-state index is 0. The van der Waals surface area contributed by atoms with Gasteiger partial charge in [0.15, 0.2) is 0 Å². The molecule has 8 nitrogen and oxygen atoms in total. The number of rotatable bonds is 4. The van der Waals surface area contributed by atoms with Crippen LogP contribution >= 0.6 is 0 Å². The SMILES string of the molecule is CS(=O)(=NC#N)C1(c2cc[c-]nc2)CCC1.CS(=O)(Cc1cc[c-]nc1)=NC#N.[Y].[Y]. The standard InChI is InChI=1S/C11H12N3OS.C8H8N3OS.2Y/c1-16(15,14-9-12)11(5-3-6-11)10-4-2-7-13-8-10;1-13(12,11-7-9)6-8-3-2-4-10-5-8;;/h2,4,8H,3,5-6H2,1H3;2-3,5H,6H2,1H3;;/q2*-1;;. The van der Waals surface area contributed by atoms with E-state index in [9.17, 15) is 8.42 Å². The van der Waals surface area contributed by atoms with Crippen molar-refractivity contribution in [3.8, 4) is 12.4 Å². The Bertz CT molecular complexity index is 1160. The van der Waals surface area contributed by atoms with E-state index in [-0.39, 0.29) is 71.2 Å². The Hall–Kier alpha value is -0.612. The molecule has 2 heterocycles. The minimum atomic E-state index is -2.53. The van der Waals surface area contributed by atoms with Crippen LogP contribution in [0.5, 0.6) is 0 Å². The van der Waals surface area contributed by atoms with Gasteiger partial charge in [-0.3, -0.25) is 0 Å². The molecule has 2 atom stereocenters. The van der Waals surface area contributed by atoms with E-state index in [2.05, 4.69) is 31.1 Å². The summed E-state index contributed by atoms with van der Waals surface area (Å²) in [5.74, 6) is 0.252. The van der Waals surface area contributed by atoms with Gasteiger partial charge in [0, 0.05) is 83.7 Å². The fourth-order valence-corrected chi connectivity index (χ4v) is 5.96. The van der Waals surface area contributed by atoms with Crippen LogP contribution in [0.1, 0.15) is 30.4 Å². The first-order valence-corrected chi connectivity index (χ1v) is 12.6. The minimum Gasteiger partial charge on any atom is -0.394 e. The molecule has 2 radical (unpaired) electrons. The molecule has 158 valence electrons. The van der Waals surface area contributed by atoms with Gasteiger partial charge in [0.1, 0.15) is 0 Å². The van der Waals surface area contributed by atoms with Crippen molar-refractivity contribution in [2.75, 3.05) is 12.5 Å². The Morgan fingerprint density at radius 2 is 1.61 bits per heavy atom. The molecule has 2 aromatic rings. The molecule has 0 aromatic carbocycles. The third-order valence-corrected chi connectivity index (χ3v) is 8.45. The van der Waals surface area contributed by atoms with E-state index in [1.807, 2.05) is 6.07 Å². The Labute approximate surface area is 234 Å². The first kappa shape index (κ1) is 30.4. The summed E-state index contributed by atoms with van der Waals surface area (Å²) in [6, 6.07) is 6.96. The second-order valence-corrected chi connectivity index (χ2v) is 11.6. The molecule has 1 saturated carbocycles. The predicted octanol–water partition coefficient (Wildman–Crippen LogP) is 2.80. The Kier molecular flexibility index (Phi) is 13.6. The number of hydrogen-bond acceptors (Lipinski definition) is 8. The van der Waals surface area contributed by atoms with Crippen LogP contribution in [-0.2, 0) is 95.4 Å². The summed E-state index contributed by atoms with van der Waals surface area (Å²) in [6.07, 6.45) is 17.4. The normalized spacial score (nSPS) is 16.9. The van der Waals surface area contributed by atoms with E-state index in [1.54, 1.807) is 49.2 Å². The molecule has 2 aromatic heterocycles. The largest absolute Gasteiger partial charge is 0.394 e. The van der Waals surface area contributed by atoms with Crippen LogP contribution in [0.3, 0.4) is 0 Å². The molecule has 0 amide bonds. The van der Waals surface area contributed by atoms with E-state index in [0.717, 1.165) is 30.4 Å². The molecule has 1 aliphatic rings. The summed E-state index contributed by atoms with van der Waals surface area (Å²) in [5, 5.41) is 16.9. The second kappa shape index (κ2) is 13.8. The van der Waals surface area contributed by atoms with Gasteiger partial charge in [0.05, 0.1) is 24.2 Å². The van der Waals surface area contributed by atoms with Crippen molar-refractivity contribution in [2.45, 2.75) is 29.8 Å². The maximum Gasteiger partial charge on any atom is 0.214 e. The average molecular weight is 606 g/mol. The summed E-state index contributed by atoms with van der Waals surface area (Å²) in [7, 11) is -4.95. The molecule has 0 spiro atoms. The van der Waals surface area contributed by atoms with Gasteiger partial charge >= 0.3 is 0 Å². The van der Waals surface area contributed by atoms with Crippen molar-refractivity contribution in [3.05, 3.63) is 60.2 Å². The van der Waals surface area contributed by atoms with Crippen molar-refractivity contribution in [1.82, 2.24) is 9.97 Å². The van der Waals surface area contributed by atoms with Crippen molar-refractivity contribution in [2.24, 2.45) is 8.73 Å². The molecule has 0 saturated heterocycles. The molecule has 0 aliphatic heterocycles. The zero-order valence-electron chi connectivity index (χ0n) is 17.3. The summed E-state index contributed by atoms with van der Waals surface area (Å²) in [4.78, 5) is 7.68. The molecule has 31 heavy (non-hydrogen) atoms. The Morgan fingerprint density at radius 1 is 1.03 bits per heavy atom. The molecule has 0 bridgehead atoms. The summed E-state index contributed by atoms with van der Waals surface area (Å²) in [5.41, 5.74) is 1.70. The molecule has 2 unspecified atom stereocenters. The van der Waals surface area contributed by atoms with E-state index in [4.69, 9.17) is 10.5 Å². The quantitative estimate of drug-likeness (QED) is 0.389. The average Bonchev–Trinajstić information content (AvgIpc) is 2.62. The number of pyridine rings is 2. The summed E-state index contributed by atoms with van der Waals surface area (Å²) in [6.45, 7) is 0. The van der Waals surface area contributed by atoms with Crippen LogP contribution in [0.2, 0.25) is 0 Å². The van der Waals surface area contributed by atoms with E-state index < -0.39 is 24.2 Å². The fourth-order valence-electron chi connectivity index (χ4n) is 3.00.